The lowest BCUT2D eigenvalue weighted by molar-refractivity contribution is -0.137. The predicted octanol–water partition coefficient (Wildman–Crippen LogP) is 12.1. The van der Waals surface area contributed by atoms with Gasteiger partial charge in [0.05, 0.1) is 11.4 Å². The number of hydrogen-bond acceptors (Lipinski definition) is 7. The minimum atomic E-state index is -0.775. The van der Waals surface area contributed by atoms with Crippen LogP contribution in [0.4, 0.5) is 30.2 Å². The number of hydrogen-bond donors (Lipinski definition) is 7. The van der Waals surface area contributed by atoms with Gasteiger partial charge in [0.2, 0.25) is 28.5 Å². The van der Waals surface area contributed by atoms with Gasteiger partial charge in [0.15, 0.2) is 0 Å². The van der Waals surface area contributed by atoms with Crippen LogP contribution in [0.15, 0.2) is 215 Å². The van der Waals surface area contributed by atoms with Gasteiger partial charge in [0, 0.05) is 78.4 Å². The Morgan fingerprint density at radius 1 is 0.405 bits per heavy atom. The van der Waals surface area contributed by atoms with Crippen molar-refractivity contribution >= 4 is 34.8 Å². The van der Waals surface area contributed by atoms with E-state index in [0.717, 1.165) is 52.6 Å². The van der Waals surface area contributed by atoms with E-state index in [1.807, 2.05) is 84.9 Å². The fraction of sp³-hybridized carbons (Fsp3) is 0.143. The van der Waals surface area contributed by atoms with Gasteiger partial charge in [-0.1, -0.05) is 127 Å². The van der Waals surface area contributed by atoms with Gasteiger partial charge in [-0.3, -0.25) is 28.8 Å². The van der Waals surface area contributed by atoms with E-state index in [1.54, 1.807) is 60.7 Å². The molecule has 0 unspecified atom stereocenters. The molecule has 0 bridgehead atoms. The Balaban J connectivity index is 0.000000180. The second-order valence-corrected chi connectivity index (χ2v) is 18.0. The summed E-state index contributed by atoms with van der Waals surface area (Å²) in [6.45, 7) is 0. The van der Waals surface area contributed by atoms with Crippen molar-refractivity contribution in [1.29, 1.82) is 0 Å². The molecule has 404 valence electrons. The molecule has 3 heterocycles. The molecule has 0 spiro atoms. The van der Waals surface area contributed by atoms with Gasteiger partial charge in [0.25, 0.3) is 0 Å². The van der Waals surface area contributed by atoms with Crippen molar-refractivity contribution in [3.63, 3.8) is 0 Å². The van der Waals surface area contributed by atoms with Crippen LogP contribution in [0.1, 0.15) is 55.2 Å². The van der Waals surface area contributed by atoms with Gasteiger partial charge in [-0.25, -0.2) is 13.2 Å². The summed E-state index contributed by atoms with van der Waals surface area (Å²) >= 11 is 0. The smallest absolute Gasteiger partial charge is 0.303 e. The number of carbonyl (C=O) groups excluding carboxylic acids is 2. The number of aliphatic carboxylic acids is 1. The topological polar surface area (TPSA) is 220 Å². The van der Waals surface area contributed by atoms with Crippen LogP contribution in [0.2, 0.25) is 0 Å². The average Bonchev–Trinajstić information content (AvgIpc) is 3.45. The van der Waals surface area contributed by atoms with E-state index in [0.29, 0.717) is 65.9 Å². The first-order chi connectivity index (χ1) is 38.2. The van der Waals surface area contributed by atoms with Crippen LogP contribution in [0, 0.1) is 17.5 Å². The number of halogens is 3. The molecule has 0 radical (unpaired) electrons. The Morgan fingerprint density at radius 3 is 1.00 bits per heavy atom. The summed E-state index contributed by atoms with van der Waals surface area (Å²) in [5.41, 5.74) is 14.0. The van der Waals surface area contributed by atoms with E-state index in [2.05, 4.69) is 25.6 Å². The zero-order chi connectivity index (χ0) is 56.4. The van der Waals surface area contributed by atoms with Crippen molar-refractivity contribution in [3.8, 4) is 33.4 Å². The first-order valence-electron chi connectivity index (χ1n) is 25.3. The van der Waals surface area contributed by atoms with Crippen molar-refractivity contribution in [2.75, 3.05) is 16.4 Å². The number of carboxylic acid groups (broad SMARTS) is 1. The fourth-order valence-electron chi connectivity index (χ4n) is 7.83. The molecule has 0 atom stereocenters. The standard InChI is InChI=1S/2C21H19FN2O2.C16H15FO2.C5H6N2O/c2*22-19-6-2-1-5-18(19)16-10-8-15(9-11-16)4-3-7-21(26)24-17-12-13-20(25)23-14-17;17-15-6-2-1-5-14(15)13-10-8-12(9-11-13)4-3-7-16(18)19;6-4-1-2-5(8)7-3-4/h2*1-2,5-6,8-14H,3-4,7H2,(H,23,25)(H,24,26);1-2,5-6,8-11H,3-4,7H2,(H,18,19);1-3H,6H2,(H,7,8). The molecule has 0 saturated carbocycles. The predicted molar refractivity (Wildman–Crippen MR) is 305 cm³/mol. The highest BCUT2D eigenvalue weighted by Gasteiger charge is 2.09. The number of pyridine rings is 3. The zero-order valence-corrected chi connectivity index (χ0v) is 43.0. The lowest BCUT2D eigenvalue weighted by atomic mass is 10.0. The number of nitrogen functional groups attached to an aromatic ring is 1. The van der Waals surface area contributed by atoms with E-state index >= 15 is 0 Å². The molecule has 2 amide bonds. The highest BCUT2D eigenvalue weighted by Crippen LogP contribution is 2.26. The van der Waals surface area contributed by atoms with E-state index < -0.39 is 5.97 Å². The molecule has 9 rings (SSSR count). The van der Waals surface area contributed by atoms with Gasteiger partial charge in [-0.05, 0) is 108 Å². The number of aromatic nitrogens is 3. The van der Waals surface area contributed by atoms with E-state index in [9.17, 15) is 41.9 Å². The molecule has 13 nitrogen and oxygen atoms in total. The molecule has 0 saturated heterocycles. The second-order valence-electron chi connectivity index (χ2n) is 18.0. The lowest BCUT2D eigenvalue weighted by Crippen LogP contribution is -2.13. The normalized spacial score (nSPS) is 10.3. The largest absolute Gasteiger partial charge is 0.481 e. The average molecular weight is 1070 g/mol. The zero-order valence-electron chi connectivity index (χ0n) is 43.0. The van der Waals surface area contributed by atoms with Crippen LogP contribution in [0.25, 0.3) is 33.4 Å². The number of rotatable bonds is 17. The van der Waals surface area contributed by atoms with Crippen molar-refractivity contribution in [3.05, 3.63) is 266 Å². The molecule has 8 N–H and O–H groups in total. The van der Waals surface area contributed by atoms with Crippen LogP contribution in [0.5, 0.6) is 0 Å². The summed E-state index contributed by atoms with van der Waals surface area (Å²) in [6.07, 6.45) is 9.62. The Hall–Kier alpha value is -9.83. The molecule has 0 fully saturated rings. The highest BCUT2D eigenvalue weighted by atomic mass is 19.1. The summed E-state index contributed by atoms with van der Waals surface area (Å²) in [5, 5.41) is 14.1. The number of nitrogens with two attached hydrogens (primary N) is 1. The van der Waals surface area contributed by atoms with Gasteiger partial charge in [0.1, 0.15) is 17.5 Å². The Kier molecular flexibility index (Phi) is 22.7. The van der Waals surface area contributed by atoms with Crippen LogP contribution >= 0.6 is 0 Å². The Morgan fingerprint density at radius 2 is 0.722 bits per heavy atom. The molecule has 79 heavy (non-hydrogen) atoms. The van der Waals surface area contributed by atoms with Crippen LogP contribution in [0.3, 0.4) is 0 Å². The van der Waals surface area contributed by atoms with Crippen LogP contribution in [-0.2, 0) is 33.6 Å². The molecule has 9 aromatic rings. The minimum absolute atomic E-state index is 0.0972. The number of amides is 2. The lowest BCUT2D eigenvalue weighted by Gasteiger charge is -2.07. The molecule has 16 heteroatoms. The fourth-order valence-corrected chi connectivity index (χ4v) is 7.83. The van der Waals surface area contributed by atoms with E-state index in [4.69, 9.17) is 10.8 Å². The molecular formula is C63H59F3N6O7. The molecule has 0 aliphatic heterocycles. The Labute approximate surface area is 454 Å². The van der Waals surface area contributed by atoms with Crippen LogP contribution < -0.4 is 33.0 Å². The maximum atomic E-state index is 13.8. The van der Waals surface area contributed by atoms with Gasteiger partial charge in [-0.15, -0.1) is 0 Å². The summed E-state index contributed by atoms with van der Waals surface area (Å²) in [4.78, 5) is 74.0. The van der Waals surface area contributed by atoms with Gasteiger partial charge >= 0.3 is 5.97 Å². The van der Waals surface area contributed by atoms with Crippen molar-refractivity contribution < 1.29 is 32.7 Å². The number of aryl methyl sites for hydroxylation is 3. The molecule has 0 aliphatic carbocycles. The first-order valence-corrected chi connectivity index (χ1v) is 25.3. The SMILES string of the molecule is Nc1ccc(=O)[nH]c1.O=C(CCCc1ccc(-c2ccccc2F)cc1)Nc1ccc(=O)[nH]c1.O=C(CCCc1ccc(-c2ccccc2F)cc1)Nc1ccc(=O)[nH]c1.O=C(O)CCCc1ccc(-c2ccccc2F)cc1. The van der Waals surface area contributed by atoms with Gasteiger partial charge in [-0.2, -0.15) is 0 Å². The van der Waals surface area contributed by atoms with Gasteiger partial charge < -0.3 is 36.4 Å². The highest BCUT2D eigenvalue weighted by molar-refractivity contribution is 5.91. The number of aromatic amines is 3. The monoisotopic (exact) mass is 1070 g/mol. The molecule has 0 aliphatic rings. The minimum Gasteiger partial charge on any atom is -0.481 e. The van der Waals surface area contributed by atoms with Crippen molar-refractivity contribution in [1.82, 2.24) is 15.0 Å². The molecule has 6 aromatic carbocycles. The number of anilines is 3. The number of carboxylic acids is 1. The number of nitrogens with one attached hydrogen (secondary N) is 5. The maximum Gasteiger partial charge on any atom is 0.303 e. The first kappa shape index (κ1) is 58.4. The summed E-state index contributed by atoms with van der Waals surface area (Å²) in [6, 6.07) is 51.9. The third-order valence-corrected chi connectivity index (χ3v) is 12.0. The molecule has 3 aromatic heterocycles. The van der Waals surface area contributed by atoms with Crippen LogP contribution in [-0.4, -0.2) is 37.8 Å². The van der Waals surface area contributed by atoms with Crippen molar-refractivity contribution in [2.24, 2.45) is 0 Å². The molecular weight excluding hydrogens is 1010 g/mol. The second kappa shape index (κ2) is 30.7. The summed E-state index contributed by atoms with van der Waals surface area (Å²) in [7, 11) is 0. The number of H-pyrrole nitrogens is 3. The number of carbonyl (C=O) groups is 3. The third-order valence-electron chi connectivity index (χ3n) is 12.0. The Bertz CT molecular complexity index is 3360. The summed E-state index contributed by atoms with van der Waals surface area (Å²) < 4.78 is 41.2. The number of benzene rings is 6. The summed E-state index contributed by atoms with van der Waals surface area (Å²) in [5.74, 6) is -1.68. The third kappa shape index (κ3) is 20.3. The maximum absolute atomic E-state index is 13.8. The van der Waals surface area contributed by atoms with Crippen molar-refractivity contribution in [2.45, 2.75) is 57.8 Å². The van der Waals surface area contributed by atoms with E-state index in [1.165, 1.54) is 55.0 Å². The quantitative estimate of drug-likeness (QED) is 0.0464. The van der Waals surface area contributed by atoms with E-state index in [-0.39, 0.29) is 52.4 Å².